The number of rotatable bonds is 3. The van der Waals surface area contributed by atoms with Crippen LogP contribution < -0.4 is 4.74 Å². The van der Waals surface area contributed by atoms with Crippen molar-refractivity contribution in [3.8, 4) is 5.75 Å². The van der Waals surface area contributed by atoms with E-state index in [1.165, 1.54) is 4.90 Å². The molecule has 0 saturated carbocycles. The first kappa shape index (κ1) is 20.7. The molecule has 1 aromatic carbocycles. The third-order valence-electron chi connectivity index (χ3n) is 7.00. The van der Waals surface area contributed by atoms with Crippen LogP contribution in [0.2, 0.25) is 0 Å². The lowest BCUT2D eigenvalue weighted by molar-refractivity contribution is -0.256. The molecule has 3 fully saturated rings. The van der Waals surface area contributed by atoms with Crippen LogP contribution in [0, 0.1) is 11.8 Å². The van der Waals surface area contributed by atoms with Gasteiger partial charge in [-0.3, -0.25) is 9.69 Å². The molecule has 5 aliphatic rings. The molecule has 10 nitrogen and oxygen atoms in total. The lowest BCUT2D eigenvalue weighted by atomic mass is 9.74. The second-order valence-corrected chi connectivity index (χ2v) is 8.60. The van der Waals surface area contributed by atoms with Crippen LogP contribution >= 0.6 is 0 Å². The predicted molar refractivity (Wildman–Crippen MR) is 111 cm³/mol. The van der Waals surface area contributed by atoms with E-state index in [0.717, 1.165) is 16.7 Å². The summed E-state index contributed by atoms with van der Waals surface area (Å²) in [6, 6.07) is 5.59. The SMILES string of the molecule is COc1cccc2c1C=C1C3C2=C2OCOC2=CC3C(=O)N1[C@@H]1O[C@H](CO)[C@@H](O)[C@H](O)[C@H]1O. The Bertz CT molecular complexity index is 1120. The Labute approximate surface area is 188 Å². The summed E-state index contributed by atoms with van der Waals surface area (Å²) < 4.78 is 22.7. The topological polar surface area (TPSA) is 138 Å². The van der Waals surface area contributed by atoms with Gasteiger partial charge < -0.3 is 39.4 Å². The van der Waals surface area contributed by atoms with Crippen molar-refractivity contribution in [2.24, 2.45) is 11.8 Å². The number of aliphatic hydroxyl groups excluding tert-OH is 4. The number of nitrogens with zero attached hydrogens (tertiary/aromatic N) is 1. The van der Waals surface area contributed by atoms with Gasteiger partial charge in [0.25, 0.3) is 0 Å². The zero-order valence-corrected chi connectivity index (χ0v) is 17.6. The number of amides is 1. The Morgan fingerprint density at radius 3 is 2.73 bits per heavy atom. The summed E-state index contributed by atoms with van der Waals surface area (Å²) in [7, 11) is 1.55. The summed E-state index contributed by atoms with van der Waals surface area (Å²) >= 11 is 0. The van der Waals surface area contributed by atoms with Gasteiger partial charge in [0.1, 0.15) is 30.2 Å². The molecule has 0 aromatic heterocycles. The van der Waals surface area contributed by atoms with Crippen molar-refractivity contribution in [2.75, 3.05) is 20.5 Å². The van der Waals surface area contributed by atoms with E-state index in [4.69, 9.17) is 18.9 Å². The average Bonchev–Trinajstić information content (AvgIpc) is 3.41. The van der Waals surface area contributed by atoms with Gasteiger partial charge in [-0.15, -0.1) is 0 Å². The highest BCUT2D eigenvalue weighted by Crippen LogP contribution is 2.56. The second kappa shape index (κ2) is 7.31. The minimum Gasteiger partial charge on any atom is -0.496 e. The molecule has 1 amide bonds. The van der Waals surface area contributed by atoms with E-state index in [1.54, 1.807) is 19.3 Å². The number of aliphatic hydroxyl groups is 4. The summed E-state index contributed by atoms with van der Waals surface area (Å²) in [5.74, 6) is 0.196. The van der Waals surface area contributed by atoms with Crippen LogP contribution in [-0.4, -0.2) is 82.4 Å². The summed E-state index contributed by atoms with van der Waals surface area (Å²) in [5, 5.41) is 40.9. The van der Waals surface area contributed by atoms with Crippen LogP contribution in [0.5, 0.6) is 5.75 Å². The number of likely N-dealkylation sites (tertiary alicyclic amines) is 1. The van der Waals surface area contributed by atoms with E-state index in [2.05, 4.69) is 0 Å². The first-order valence-corrected chi connectivity index (χ1v) is 10.7. The molecule has 6 rings (SSSR count). The van der Waals surface area contributed by atoms with Crippen LogP contribution in [0.25, 0.3) is 11.6 Å². The molecule has 2 unspecified atom stereocenters. The molecule has 1 aromatic rings. The van der Waals surface area contributed by atoms with E-state index < -0.39 is 49.1 Å². The standard InChI is InChI=1S/C23H23NO9/c1-30-13-4-2-3-9-10(13)5-12-16-11(6-14-21(17(9)16)32-8-31-14)22(29)24(12)23-20(28)19(27)18(26)15(7-25)33-23/h2-6,11,15-16,18-20,23,25-28H,7-8H2,1H3/t11?,15-,16?,18-,19+,20-,23-/m1/s1. The molecule has 10 heteroatoms. The highest BCUT2D eigenvalue weighted by atomic mass is 16.7. The third kappa shape index (κ3) is 2.69. The molecule has 7 atom stereocenters. The van der Waals surface area contributed by atoms with Gasteiger partial charge in [-0.25, -0.2) is 0 Å². The van der Waals surface area contributed by atoms with E-state index in [1.807, 2.05) is 18.2 Å². The third-order valence-corrected chi connectivity index (χ3v) is 7.00. The molecule has 3 aliphatic heterocycles. The Morgan fingerprint density at radius 1 is 1.15 bits per heavy atom. The molecule has 2 aliphatic carbocycles. The van der Waals surface area contributed by atoms with Crippen molar-refractivity contribution in [3.05, 3.63) is 52.6 Å². The fourth-order valence-electron chi connectivity index (χ4n) is 5.46. The number of fused-ring (bicyclic) bond motifs is 3. The van der Waals surface area contributed by atoms with Crippen molar-refractivity contribution in [2.45, 2.75) is 30.6 Å². The number of hydrogen-bond acceptors (Lipinski definition) is 9. The summed E-state index contributed by atoms with van der Waals surface area (Å²) in [5.41, 5.74) is 2.90. The van der Waals surface area contributed by atoms with E-state index in [0.29, 0.717) is 23.0 Å². The van der Waals surface area contributed by atoms with Crippen LogP contribution in [0.15, 0.2) is 41.5 Å². The molecule has 4 N–H and O–H groups in total. The fourth-order valence-corrected chi connectivity index (χ4v) is 5.46. The fraction of sp³-hybridized carbons (Fsp3) is 0.435. The van der Waals surface area contributed by atoms with Crippen molar-refractivity contribution in [1.82, 2.24) is 4.90 Å². The van der Waals surface area contributed by atoms with Crippen molar-refractivity contribution in [3.63, 3.8) is 0 Å². The number of ether oxygens (including phenoxy) is 4. The maximum Gasteiger partial charge on any atom is 0.237 e. The van der Waals surface area contributed by atoms with E-state index in [9.17, 15) is 25.2 Å². The zero-order chi connectivity index (χ0) is 23.0. The van der Waals surface area contributed by atoms with Gasteiger partial charge in [0.15, 0.2) is 17.7 Å². The van der Waals surface area contributed by atoms with Crippen molar-refractivity contribution < 1.29 is 44.2 Å². The van der Waals surface area contributed by atoms with Gasteiger partial charge in [0.05, 0.1) is 19.6 Å². The number of methoxy groups -OCH3 is 1. The van der Waals surface area contributed by atoms with Crippen molar-refractivity contribution in [1.29, 1.82) is 0 Å². The van der Waals surface area contributed by atoms with Gasteiger partial charge >= 0.3 is 0 Å². The lowest BCUT2D eigenvalue weighted by Crippen LogP contribution is -2.63. The van der Waals surface area contributed by atoms with E-state index >= 15 is 0 Å². The maximum absolute atomic E-state index is 13.7. The molecule has 3 heterocycles. The molecule has 0 bridgehead atoms. The Balaban J connectivity index is 1.54. The van der Waals surface area contributed by atoms with Gasteiger partial charge in [-0.05, 0) is 23.8 Å². The van der Waals surface area contributed by atoms with Gasteiger partial charge in [0.2, 0.25) is 12.7 Å². The number of allylic oxidation sites excluding steroid dienone is 1. The molecule has 0 radical (unpaired) electrons. The minimum absolute atomic E-state index is 0.0487. The van der Waals surface area contributed by atoms with Crippen LogP contribution in [0.1, 0.15) is 11.1 Å². The highest BCUT2D eigenvalue weighted by Gasteiger charge is 2.57. The molecular weight excluding hydrogens is 434 g/mol. The molecule has 33 heavy (non-hydrogen) atoms. The van der Waals surface area contributed by atoms with Crippen LogP contribution in [0.4, 0.5) is 0 Å². The minimum atomic E-state index is -1.61. The molecular formula is C23H23NO9. The number of hydrogen-bond donors (Lipinski definition) is 4. The molecule has 3 saturated heterocycles. The summed E-state index contributed by atoms with van der Waals surface area (Å²) in [6.45, 7) is -0.542. The molecule has 174 valence electrons. The lowest BCUT2D eigenvalue weighted by Gasteiger charge is -2.44. The zero-order valence-electron chi connectivity index (χ0n) is 17.6. The smallest absolute Gasteiger partial charge is 0.237 e. The molecule has 0 spiro atoms. The maximum atomic E-state index is 13.7. The normalized spacial score (nSPS) is 36.3. The van der Waals surface area contributed by atoms with E-state index in [-0.39, 0.29) is 12.7 Å². The first-order chi connectivity index (χ1) is 16.0. The number of carbonyl (C=O) groups excluding carboxylic acids is 1. The number of benzene rings is 1. The predicted octanol–water partition coefficient (Wildman–Crippen LogP) is -0.463. The van der Waals surface area contributed by atoms with Gasteiger partial charge in [0, 0.05) is 22.8 Å². The Hall–Kier alpha value is -2.89. The first-order valence-electron chi connectivity index (χ1n) is 10.7. The second-order valence-electron chi connectivity index (χ2n) is 8.60. The van der Waals surface area contributed by atoms with Gasteiger partial charge in [-0.2, -0.15) is 0 Å². The van der Waals surface area contributed by atoms with Crippen LogP contribution in [0.3, 0.4) is 0 Å². The van der Waals surface area contributed by atoms with Crippen LogP contribution in [-0.2, 0) is 19.0 Å². The average molecular weight is 457 g/mol. The Kier molecular flexibility index (Phi) is 4.58. The number of carbonyl (C=O) groups is 1. The Morgan fingerprint density at radius 2 is 1.97 bits per heavy atom. The van der Waals surface area contributed by atoms with Crippen molar-refractivity contribution >= 4 is 17.6 Å². The monoisotopic (exact) mass is 457 g/mol. The van der Waals surface area contributed by atoms with Gasteiger partial charge in [-0.1, -0.05) is 12.1 Å². The summed E-state index contributed by atoms with van der Waals surface area (Å²) in [4.78, 5) is 15.0. The largest absolute Gasteiger partial charge is 0.496 e. The summed E-state index contributed by atoms with van der Waals surface area (Å²) in [6.07, 6.45) is -3.65. The highest BCUT2D eigenvalue weighted by molar-refractivity contribution is 5.99. The quantitative estimate of drug-likeness (QED) is 0.475.